The molecule has 0 fully saturated rings. The molecule has 2 rings (SSSR count). The van der Waals surface area contributed by atoms with Crippen LogP contribution in [0.5, 0.6) is 5.75 Å². The van der Waals surface area contributed by atoms with E-state index in [2.05, 4.69) is 60.4 Å². The van der Waals surface area contributed by atoms with Crippen molar-refractivity contribution >= 4 is 0 Å². The summed E-state index contributed by atoms with van der Waals surface area (Å²) in [7, 11) is 0. The van der Waals surface area contributed by atoms with Gasteiger partial charge in [-0.15, -0.1) is 0 Å². The molecule has 3 heteroatoms. The number of rotatable bonds is 8. The normalized spacial score (nSPS) is 10.9. The molecule has 0 aliphatic rings. The van der Waals surface area contributed by atoms with Gasteiger partial charge in [0.25, 0.3) is 0 Å². The molecule has 2 N–H and O–H groups in total. The quantitative estimate of drug-likeness (QED) is 0.810. The van der Waals surface area contributed by atoms with Gasteiger partial charge in [0.15, 0.2) is 0 Å². The first-order valence-electron chi connectivity index (χ1n) is 7.97. The van der Waals surface area contributed by atoms with E-state index in [1.54, 1.807) is 0 Å². The standard InChI is InChI=1S/C19H26N2O/c1-3-21(14-16-8-6-5-7-9-16)15-17-10-11-18(13-20)19(12-17)22-4-2/h5-12H,3-4,13-15,20H2,1-2H3. The maximum Gasteiger partial charge on any atom is 0.124 e. The van der Waals surface area contributed by atoms with E-state index < -0.39 is 0 Å². The van der Waals surface area contributed by atoms with Crippen LogP contribution in [0, 0.1) is 0 Å². The van der Waals surface area contributed by atoms with Gasteiger partial charge < -0.3 is 10.5 Å². The highest BCUT2D eigenvalue weighted by molar-refractivity contribution is 5.37. The van der Waals surface area contributed by atoms with E-state index in [4.69, 9.17) is 10.5 Å². The highest BCUT2D eigenvalue weighted by Crippen LogP contribution is 2.21. The van der Waals surface area contributed by atoms with E-state index in [0.717, 1.165) is 30.9 Å². The molecule has 0 spiro atoms. The molecular weight excluding hydrogens is 272 g/mol. The summed E-state index contributed by atoms with van der Waals surface area (Å²) in [5, 5.41) is 0. The molecule has 118 valence electrons. The van der Waals surface area contributed by atoms with Crippen molar-refractivity contribution in [1.82, 2.24) is 4.90 Å². The van der Waals surface area contributed by atoms with Gasteiger partial charge in [-0.3, -0.25) is 4.90 Å². The van der Waals surface area contributed by atoms with Crippen LogP contribution in [0.25, 0.3) is 0 Å². The highest BCUT2D eigenvalue weighted by atomic mass is 16.5. The summed E-state index contributed by atoms with van der Waals surface area (Å²) in [5.74, 6) is 0.915. The minimum atomic E-state index is 0.511. The van der Waals surface area contributed by atoms with Gasteiger partial charge in [-0.1, -0.05) is 49.4 Å². The van der Waals surface area contributed by atoms with Crippen molar-refractivity contribution in [1.29, 1.82) is 0 Å². The second kappa shape index (κ2) is 8.57. The molecule has 3 nitrogen and oxygen atoms in total. The lowest BCUT2D eigenvalue weighted by Crippen LogP contribution is -2.22. The summed E-state index contributed by atoms with van der Waals surface area (Å²) < 4.78 is 5.70. The molecule has 0 aliphatic heterocycles. The smallest absolute Gasteiger partial charge is 0.124 e. The van der Waals surface area contributed by atoms with E-state index in [-0.39, 0.29) is 0 Å². The number of hydrogen-bond donors (Lipinski definition) is 1. The van der Waals surface area contributed by atoms with Crippen LogP contribution in [-0.2, 0) is 19.6 Å². The van der Waals surface area contributed by atoms with Crippen LogP contribution in [0.3, 0.4) is 0 Å². The highest BCUT2D eigenvalue weighted by Gasteiger charge is 2.08. The Morgan fingerprint density at radius 2 is 1.68 bits per heavy atom. The summed E-state index contributed by atoms with van der Waals surface area (Å²) in [6, 6.07) is 16.9. The lowest BCUT2D eigenvalue weighted by Gasteiger charge is -2.21. The van der Waals surface area contributed by atoms with Gasteiger partial charge in [0, 0.05) is 25.2 Å². The van der Waals surface area contributed by atoms with Crippen molar-refractivity contribution in [3.05, 3.63) is 65.2 Å². The van der Waals surface area contributed by atoms with E-state index in [0.29, 0.717) is 13.2 Å². The molecule has 0 radical (unpaired) electrons. The largest absolute Gasteiger partial charge is 0.494 e. The molecule has 0 bridgehead atoms. The zero-order chi connectivity index (χ0) is 15.8. The molecule has 0 aliphatic carbocycles. The Labute approximate surface area is 133 Å². The first-order valence-corrected chi connectivity index (χ1v) is 7.97. The van der Waals surface area contributed by atoms with Crippen molar-refractivity contribution in [2.75, 3.05) is 13.2 Å². The zero-order valence-electron chi connectivity index (χ0n) is 13.6. The maximum absolute atomic E-state index is 5.77. The molecule has 22 heavy (non-hydrogen) atoms. The molecule has 0 aromatic heterocycles. The number of hydrogen-bond acceptors (Lipinski definition) is 3. The van der Waals surface area contributed by atoms with Gasteiger partial charge in [0.1, 0.15) is 5.75 Å². The Hall–Kier alpha value is -1.84. The minimum absolute atomic E-state index is 0.511. The third-order valence-corrected chi connectivity index (χ3v) is 3.75. The van der Waals surface area contributed by atoms with Crippen LogP contribution in [0.15, 0.2) is 48.5 Å². The van der Waals surface area contributed by atoms with Crippen molar-refractivity contribution < 1.29 is 4.74 Å². The van der Waals surface area contributed by atoms with E-state index in [1.807, 2.05) is 6.92 Å². The van der Waals surface area contributed by atoms with Crippen molar-refractivity contribution in [2.45, 2.75) is 33.5 Å². The second-order valence-corrected chi connectivity index (χ2v) is 5.37. The monoisotopic (exact) mass is 298 g/mol. The number of nitrogens with zero attached hydrogens (tertiary/aromatic N) is 1. The van der Waals surface area contributed by atoms with Gasteiger partial charge in [-0.25, -0.2) is 0 Å². The lowest BCUT2D eigenvalue weighted by atomic mass is 10.1. The molecule has 0 atom stereocenters. The Bertz CT molecular complexity index is 569. The van der Waals surface area contributed by atoms with Crippen LogP contribution in [0.2, 0.25) is 0 Å². The summed E-state index contributed by atoms with van der Waals surface area (Å²) in [4.78, 5) is 2.42. The van der Waals surface area contributed by atoms with Gasteiger partial charge in [-0.2, -0.15) is 0 Å². The molecule has 0 saturated carbocycles. The van der Waals surface area contributed by atoms with E-state index in [1.165, 1.54) is 11.1 Å². The Morgan fingerprint density at radius 3 is 2.32 bits per heavy atom. The van der Waals surface area contributed by atoms with Crippen LogP contribution < -0.4 is 10.5 Å². The molecule has 0 amide bonds. The number of ether oxygens (including phenoxy) is 1. The van der Waals surface area contributed by atoms with Gasteiger partial charge in [0.05, 0.1) is 6.61 Å². The zero-order valence-corrected chi connectivity index (χ0v) is 13.6. The molecular formula is C19H26N2O. The van der Waals surface area contributed by atoms with Crippen LogP contribution >= 0.6 is 0 Å². The van der Waals surface area contributed by atoms with Crippen LogP contribution in [0.4, 0.5) is 0 Å². The topological polar surface area (TPSA) is 38.5 Å². The third-order valence-electron chi connectivity index (χ3n) is 3.75. The average molecular weight is 298 g/mol. The predicted octanol–water partition coefficient (Wildman–Crippen LogP) is 3.57. The third kappa shape index (κ3) is 4.58. The fraction of sp³-hybridized carbons (Fsp3) is 0.368. The summed E-state index contributed by atoms with van der Waals surface area (Å²) in [5.41, 5.74) is 9.44. The Morgan fingerprint density at radius 1 is 0.955 bits per heavy atom. The fourth-order valence-electron chi connectivity index (χ4n) is 2.54. The van der Waals surface area contributed by atoms with Crippen LogP contribution in [-0.4, -0.2) is 18.1 Å². The SMILES string of the molecule is CCOc1cc(CN(CC)Cc2ccccc2)ccc1CN. The van der Waals surface area contributed by atoms with Crippen molar-refractivity contribution in [2.24, 2.45) is 5.73 Å². The lowest BCUT2D eigenvalue weighted by molar-refractivity contribution is 0.270. The number of nitrogens with two attached hydrogens (primary N) is 1. The summed E-state index contributed by atoms with van der Waals surface area (Å²) >= 11 is 0. The molecule has 2 aromatic rings. The first kappa shape index (κ1) is 16.5. The molecule has 2 aromatic carbocycles. The van der Waals surface area contributed by atoms with Gasteiger partial charge in [0.2, 0.25) is 0 Å². The maximum atomic E-state index is 5.77. The molecule has 0 unspecified atom stereocenters. The van der Waals surface area contributed by atoms with E-state index >= 15 is 0 Å². The van der Waals surface area contributed by atoms with Crippen molar-refractivity contribution in [3.63, 3.8) is 0 Å². The van der Waals surface area contributed by atoms with Crippen molar-refractivity contribution in [3.8, 4) is 5.75 Å². The summed E-state index contributed by atoms with van der Waals surface area (Å²) in [6.45, 7) is 8.25. The Kier molecular flexibility index (Phi) is 6.44. The minimum Gasteiger partial charge on any atom is -0.494 e. The van der Waals surface area contributed by atoms with Gasteiger partial charge in [-0.05, 0) is 30.7 Å². The van der Waals surface area contributed by atoms with E-state index in [9.17, 15) is 0 Å². The average Bonchev–Trinajstić information content (AvgIpc) is 2.56. The second-order valence-electron chi connectivity index (χ2n) is 5.37. The predicted molar refractivity (Wildman–Crippen MR) is 91.7 cm³/mol. The molecule has 0 saturated heterocycles. The molecule has 0 heterocycles. The number of benzene rings is 2. The summed E-state index contributed by atoms with van der Waals surface area (Å²) in [6.07, 6.45) is 0. The Balaban J connectivity index is 2.08. The van der Waals surface area contributed by atoms with Crippen LogP contribution in [0.1, 0.15) is 30.5 Å². The fourth-order valence-corrected chi connectivity index (χ4v) is 2.54. The van der Waals surface area contributed by atoms with Gasteiger partial charge >= 0.3 is 0 Å². The first-order chi connectivity index (χ1) is 10.8.